The summed E-state index contributed by atoms with van der Waals surface area (Å²) in [7, 11) is 1.30. The Kier molecular flexibility index (Phi) is 4.94. The molecule has 1 aromatic carbocycles. The number of hydrogen-bond donors (Lipinski definition) is 0. The fourth-order valence-electron chi connectivity index (χ4n) is 3.18. The first-order valence-corrected chi connectivity index (χ1v) is 8.21. The Morgan fingerprint density at radius 1 is 1.31 bits per heavy atom. The second-order valence-corrected chi connectivity index (χ2v) is 6.72. The van der Waals surface area contributed by atoms with Gasteiger partial charge in [-0.05, 0) is 23.8 Å². The van der Waals surface area contributed by atoms with E-state index >= 15 is 0 Å². The number of methoxy groups -OCH3 is 1. The maximum atomic E-state index is 12.8. The van der Waals surface area contributed by atoms with Crippen molar-refractivity contribution in [2.45, 2.75) is 18.1 Å². The molecule has 1 fully saturated rings. The van der Waals surface area contributed by atoms with Gasteiger partial charge in [0, 0.05) is 25.8 Å². The highest BCUT2D eigenvalue weighted by atomic mass is 35.5. The summed E-state index contributed by atoms with van der Waals surface area (Å²) < 4.78 is 43.4. The van der Waals surface area contributed by atoms with E-state index in [1.54, 1.807) is 18.2 Å². The van der Waals surface area contributed by atoms with Crippen LogP contribution in [0.15, 0.2) is 42.6 Å². The van der Waals surface area contributed by atoms with Gasteiger partial charge in [0.2, 0.25) is 0 Å². The minimum Gasteiger partial charge on any atom is -0.468 e. The first-order valence-electron chi connectivity index (χ1n) is 7.83. The van der Waals surface area contributed by atoms with Crippen LogP contribution in [0.25, 0.3) is 0 Å². The molecular formula is C18H16ClF3N2O2. The second kappa shape index (κ2) is 6.89. The van der Waals surface area contributed by atoms with Gasteiger partial charge in [-0.3, -0.25) is 14.7 Å². The third-order valence-electron chi connectivity index (χ3n) is 4.44. The Labute approximate surface area is 153 Å². The highest BCUT2D eigenvalue weighted by molar-refractivity contribution is 6.30. The van der Waals surface area contributed by atoms with Gasteiger partial charge < -0.3 is 4.74 Å². The van der Waals surface area contributed by atoms with Gasteiger partial charge in [-0.2, -0.15) is 13.2 Å². The fourth-order valence-corrected chi connectivity index (χ4v) is 3.29. The third kappa shape index (κ3) is 3.54. The SMILES string of the molecule is COC(=O)C1(c2ccc(Cl)cn2)CN(Cc2cccc(C(F)(F)F)c2)C1. The fraction of sp³-hybridized carbons (Fsp3) is 0.333. The first-order chi connectivity index (χ1) is 12.2. The van der Waals surface area contributed by atoms with Gasteiger partial charge >= 0.3 is 12.1 Å². The summed E-state index contributed by atoms with van der Waals surface area (Å²) in [5.74, 6) is -0.424. The molecule has 0 amide bonds. The van der Waals surface area contributed by atoms with Crippen molar-refractivity contribution in [1.82, 2.24) is 9.88 Å². The largest absolute Gasteiger partial charge is 0.468 e. The molecule has 2 aromatic rings. The van der Waals surface area contributed by atoms with Gasteiger partial charge in [0.15, 0.2) is 0 Å². The van der Waals surface area contributed by atoms with Crippen molar-refractivity contribution >= 4 is 17.6 Å². The molecule has 0 atom stereocenters. The Balaban J connectivity index is 1.76. The second-order valence-electron chi connectivity index (χ2n) is 6.28. The smallest absolute Gasteiger partial charge is 0.416 e. The zero-order chi connectivity index (χ0) is 18.9. The van der Waals surface area contributed by atoms with Crippen molar-refractivity contribution in [2.24, 2.45) is 0 Å². The van der Waals surface area contributed by atoms with E-state index in [1.165, 1.54) is 19.4 Å². The average molecular weight is 385 g/mol. The van der Waals surface area contributed by atoms with Crippen LogP contribution >= 0.6 is 11.6 Å². The summed E-state index contributed by atoms with van der Waals surface area (Å²) >= 11 is 5.84. The van der Waals surface area contributed by atoms with Crippen molar-refractivity contribution in [2.75, 3.05) is 20.2 Å². The number of rotatable bonds is 4. The summed E-state index contributed by atoms with van der Waals surface area (Å²) in [5, 5.41) is 0.453. The van der Waals surface area contributed by atoms with Gasteiger partial charge in [0.1, 0.15) is 5.41 Å². The summed E-state index contributed by atoms with van der Waals surface area (Å²) in [6.45, 7) is 0.922. The molecule has 0 radical (unpaired) electrons. The number of likely N-dealkylation sites (tertiary alicyclic amines) is 1. The van der Waals surface area contributed by atoms with E-state index in [4.69, 9.17) is 16.3 Å². The Bertz CT molecular complexity index is 803. The van der Waals surface area contributed by atoms with Crippen LogP contribution < -0.4 is 0 Å². The highest BCUT2D eigenvalue weighted by Gasteiger charge is 2.52. The van der Waals surface area contributed by atoms with Crippen LogP contribution in [0.3, 0.4) is 0 Å². The predicted octanol–water partition coefficient (Wildman–Crippen LogP) is 3.68. The van der Waals surface area contributed by atoms with Crippen LogP contribution in [-0.4, -0.2) is 36.1 Å². The summed E-state index contributed by atoms with van der Waals surface area (Å²) in [6.07, 6.45) is -2.93. The molecule has 1 aliphatic rings. The number of esters is 1. The average Bonchev–Trinajstić information content (AvgIpc) is 2.57. The lowest BCUT2D eigenvalue weighted by atomic mass is 9.76. The van der Waals surface area contributed by atoms with E-state index < -0.39 is 23.1 Å². The monoisotopic (exact) mass is 384 g/mol. The molecule has 1 aliphatic heterocycles. The molecule has 1 aromatic heterocycles. The van der Waals surface area contributed by atoms with Crippen LogP contribution in [-0.2, 0) is 27.7 Å². The van der Waals surface area contributed by atoms with Crippen LogP contribution in [0.4, 0.5) is 13.2 Å². The van der Waals surface area contributed by atoms with Crippen LogP contribution in [0.1, 0.15) is 16.8 Å². The molecule has 2 heterocycles. The highest BCUT2D eigenvalue weighted by Crippen LogP contribution is 2.37. The first kappa shape index (κ1) is 18.7. The van der Waals surface area contributed by atoms with Crippen molar-refractivity contribution in [3.63, 3.8) is 0 Å². The van der Waals surface area contributed by atoms with Crippen molar-refractivity contribution in [3.05, 3.63) is 64.4 Å². The van der Waals surface area contributed by atoms with Gasteiger partial charge in [-0.1, -0.05) is 29.8 Å². The number of carbonyl (C=O) groups excluding carboxylic acids is 1. The van der Waals surface area contributed by atoms with Crippen molar-refractivity contribution < 1.29 is 22.7 Å². The van der Waals surface area contributed by atoms with E-state index in [9.17, 15) is 18.0 Å². The van der Waals surface area contributed by atoms with Crippen LogP contribution in [0.2, 0.25) is 5.02 Å². The van der Waals surface area contributed by atoms with E-state index in [2.05, 4.69) is 4.98 Å². The maximum absolute atomic E-state index is 12.8. The summed E-state index contributed by atoms with van der Waals surface area (Å²) in [5.41, 5.74) is -0.549. The molecule has 1 saturated heterocycles. The number of benzene rings is 1. The lowest BCUT2D eigenvalue weighted by Crippen LogP contribution is -2.63. The number of carbonyl (C=O) groups is 1. The molecule has 0 spiro atoms. The number of alkyl halides is 3. The number of hydrogen-bond acceptors (Lipinski definition) is 4. The summed E-state index contributed by atoms with van der Waals surface area (Å²) in [6, 6.07) is 8.49. The van der Waals surface area contributed by atoms with Crippen LogP contribution in [0, 0.1) is 0 Å². The Morgan fingerprint density at radius 3 is 2.62 bits per heavy atom. The van der Waals surface area contributed by atoms with E-state index in [-0.39, 0.29) is 0 Å². The number of halogens is 4. The third-order valence-corrected chi connectivity index (χ3v) is 4.66. The minimum absolute atomic E-state index is 0.302. The van der Waals surface area contributed by atoms with Gasteiger partial charge in [-0.15, -0.1) is 0 Å². The predicted molar refractivity (Wildman–Crippen MR) is 89.7 cm³/mol. The lowest BCUT2D eigenvalue weighted by molar-refractivity contribution is -0.155. The van der Waals surface area contributed by atoms with Gasteiger partial charge in [0.25, 0.3) is 0 Å². The molecule has 3 rings (SSSR count). The molecule has 0 bridgehead atoms. The molecule has 0 N–H and O–H groups in total. The van der Waals surface area contributed by atoms with Crippen molar-refractivity contribution in [1.29, 1.82) is 0 Å². The number of ether oxygens (including phenoxy) is 1. The van der Waals surface area contributed by atoms with Gasteiger partial charge in [-0.25, -0.2) is 0 Å². The molecule has 4 nitrogen and oxygen atoms in total. The van der Waals surface area contributed by atoms with Crippen molar-refractivity contribution in [3.8, 4) is 0 Å². The Hall–Kier alpha value is -2.12. The number of nitrogens with zero attached hydrogens (tertiary/aromatic N) is 2. The number of pyridine rings is 1. The molecule has 138 valence electrons. The Morgan fingerprint density at radius 2 is 2.04 bits per heavy atom. The van der Waals surface area contributed by atoms with E-state index in [0.717, 1.165) is 12.1 Å². The minimum atomic E-state index is -4.38. The molecule has 26 heavy (non-hydrogen) atoms. The van der Waals surface area contributed by atoms with Gasteiger partial charge in [0.05, 0.1) is 23.4 Å². The quantitative estimate of drug-likeness (QED) is 0.754. The normalized spacial score (nSPS) is 16.8. The molecule has 0 saturated carbocycles. The van der Waals surface area contributed by atoms with E-state index in [1.807, 2.05) is 4.90 Å². The summed E-state index contributed by atoms with van der Waals surface area (Å²) in [4.78, 5) is 18.4. The molecular weight excluding hydrogens is 369 g/mol. The molecule has 8 heteroatoms. The maximum Gasteiger partial charge on any atom is 0.416 e. The zero-order valence-electron chi connectivity index (χ0n) is 13.9. The number of aromatic nitrogens is 1. The lowest BCUT2D eigenvalue weighted by Gasteiger charge is -2.47. The van der Waals surface area contributed by atoms with E-state index in [0.29, 0.717) is 35.9 Å². The molecule has 0 aliphatic carbocycles. The standard InChI is InChI=1S/C18H16ClF3N2O2/c1-26-16(25)17(15-6-5-14(19)8-23-15)10-24(11-17)9-12-3-2-4-13(7-12)18(20,21)22/h2-8H,9-11H2,1H3. The van der Waals surface area contributed by atoms with Crippen LogP contribution in [0.5, 0.6) is 0 Å². The topological polar surface area (TPSA) is 42.4 Å². The molecule has 0 unspecified atom stereocenters. The zero-order valence-corrected chi connectivity index (χ0v) is 14.6.